The van der Waals surface area contributed by atoms with E-state index in [1.807, 2.05) is 72.8 Å². The van der Waals surface area contributed by atoms with Crippen LogP contribution in [0.2, 0.25) is 0 Å². The Balaban J connectivity index is 1.31. The van der Waals surface area contributed by atoms with Crippen LogP contribution in [0.15, 0.2) is 162 Å². The van der Waals surface area contributed by atoms with E-state index in [4.69, 9.17) is 24.4 Å². The molecule has 220 valence electrons. The summed E-state index contributed by atoms with van der Waals surface area (Å²) in [5, 5.41) is 4.07. The number of fused-ring (bicyclic) bond motifs is 4. The van der Waals surface area contributed by atoms with Crippen LogP contribution in [-0.2, 0) is 0 Å². The summed E-state index contributed by atoms with van der Waals surface area (Å²) < 4.78 is 6.53. The molecule has 0 unspecified atom stereocenters. The van der Waals surface area contributed by atoms with Crippen LogP contribution in [-0.4, -0.2) is 19.9 Å². The van der Waals surface area contributed by atoms with Crippen molar-refractivity contribution in [1.82, 2.24) is 19.9 Å². The van der Waals surface area contributed by atoms with Gasteiger partial charge in [-0.1, -0.05) is 140 Å². The molecule has 0 atom stereocenters. The van der Waals surface area contributed by atoms with Crippen molar-refractivity contribution in [3.63, 3.8) is 0 Å². The highest BCUT2D eigenvalue weighted by atomic mass is 16.3. The zero-order chi connectivity index (χ0) is 31.2. The topological polar surface area (TPSA) is 64.7 Å². The van der Waals surface area contributed by atoms with Gasteiger partial charge in [0.25, 0.3) is 0 Å². The molecule has 9 aromatic rings. The second-order valence-corrected chi connectivity index (χ2v) is 11.5. The van der Waals surface area contributed by atoms with E-state index < -0.39 is 0 Å². The number of hydrogen-bond donors (Lipinski definition) is 0. The lowest BCUT2D eigenvalue weighted by Gasteiger charge is -2.11. The van der Waals surface area contributed by atoms with Crippen molar-refractivity contribution < 1.29 is 4.42 Å². The fourth-order valence-electron chi connectivity index (χ4n) is 6.18. The van der Waals surface area contributed by atoms with E-state index in [9.17, 15) is 0 Å². The third-order valence-corrected chi connectivity index (χ3v) is 8.54. The number of benzene rings is 6. The Morgan fingerprint density at radius 1 is 0.383 bits per heavy atom. The molecule has 5 heteroatoms. The molecule has 0 aliphatic heterocycles. The van der Waals surface area contributed by atoms with Gasteiger partial charge in [-0.05, 0) is 40.1 Å². The molecular formula is C42H26N4O. The summed E-state index contributed by atoms with van der Waals surface area (Å²) in [6.45, 7) is 0. The number of nitrogens with zero attached hydrogens (tertiary/aromatic N) is 4. The molecule has 0 spiro atoms. The Bertz CT molecular complexity index is 2490. The molecule has 47 heavy (non-hydrogen) atoms. The summed E-state index contributed by atoms with van der Waals surface area (Å²) in [4.78, 5) is 20.2. The fraction of sp³-hybridized carbons (Fsp3) is 0. The lowest BCUT2D eigenvalue weighted by atomic mass is 10.00. The van der Waals surface area contributed by atoms with Gasteiger partial charge in [-0.3, -0.25) is 0 Å². The first-order valence-corrected chi connectivity index (χ1v) is 15.6. The largest absolute Gasteiger partial charge is 0.438 e. The van der Waals surface area contributed by atoms with Crippen molar-refractivity contribution in [2.75, 3.05) is 0 Å². The molecule has 0 N–H and O–H groups in total. The third kappa shape index (κ3) is 4.91. The quantitative estimate of drug-likeness (QED) is 0.196. The van der Waals surface area contributed by atoms with Gasteiger partial charge in [-0.15, -0.1) is 0 Å². The van der Waals surface area contributed by atoms with Crippen molar-refractivity contribution >= 4 is 32.8 Å². The monoisotopic (exact) mass is 602 g/mol. The number of hydrogen-bond acceptors (Lipinski definition) is 5. The van der Waals surface area contributed by atoms with E-state index in [1.54, 1.807) is 0 Å². The molecule has 0 fully saturated rings. The highest BCUT2D eigenvalue weighted by Crippen LogP contribution is 2.40. The lowest BCUT2D eigenvalue weighted by Crippen LogP contribution is -2.01. The summed E-state index contributed by atoms with van der Waals surface area (Å²) in [5.74, 6) is 1.76. The first kappa shape index (κ1) is 26.9. The van der Waals surface area contributed by atoms with Gasteiger partial charge in [0.2, 0.25) is 5.71 Å². The van der Waals surface area contributed by atoms with Crippen LogP contribution >= 0.6 is 0 Å². The summed E-state index contributed by atoms with van der Waals surface area (Å²) in [6.07, 6.45) is 0. The van der Waals surface area contributed by atoms with E-state index in [2.05, 4.69) is 84.9 Å². The lowest BCUT2D eigenvalue weighted by molar-refractivity contribution is 0.655. The van der Waals surface area contributed by atoms with Crippen molar-refractivity contribution in [3.8, 4) is 56.5 Å². The van der Waals surface area contributed by atoms with Crippen molar-refractivity contribution in [2.24, 2.45) is 0 Å². The second-order valence-electron chi connectivity index (χ2n) is 11.5. The Hall–Kier alpha value is -6.46. The van der Waals surface area contributed by atoms with E-state index in [-0.39, 0.29) is 0 Å². The van der Waals surface area contributed by atoms with Gasteiger partial charge in [0.05, 0.1) is 11.1 Å². The minimum Gasteiger partial charge on any atom is -0.438 e. The molecule has 3 aromatic heterocycles. The van der Waals surface area contributed by atoms with Crippen molar-refractivity contribution in [1.29, 1.82) is 0 Å². The summed E-state index contributed by atoms with van der Waals surface area (Å²) in [7, 11) is 0. The fourth-order valence-corrected chi connectivity index (χ4v) is 6.18. The Morgan fingerprint density at radius 2 is 0.872 bits per heavy atom. The predicted molar refractivity (Wildman–Crippen MR) is 190 cm³/mol. The van der Waals surface area contributed by atoms with Gasteiger partial charge in [0, 0.05) is 27.6 Å². The summed E-state index contributed by atoms with van der Waals surface area (Å²) >= 11 is 0. The van der Waals surface area contributed by atoms with Crippen molar-refractivity contribution in [2.45, 2.75) is 0 Å². The normalized spacial score (nSPS) is 11.4. The van der Waals surface area contributed by atoms with E-state index >= 15 is 0 Å². The molecule has 9 rings (SSSR count). The van der Waals surface area contributed by atoms with E-state index in [0.29, 0.717) is 23.2 Å². The minimum atomic E-state index is 0.540. The molecule has 6 aromatic carbocycles. The van der Waals surface area contributed by atoms with Gasteiger partial charge in [0.1, 0.15) is 5.58 Å². The highest BCUT2D eigenvalue weighted by Gasteiger charge is 2.21. The van der Waals surface area contributed by atoms with Gasteiger partial charge in [-0.25, -0.2) is 19.9 Å². The number of aromatic nitrogens is 4. The average Bonchev–Trinajstić information content (AvgIpc) is 3.51. The van der Waals surface area contributed by atoms with Crippen LogP contribution in [0.4, 0.5) is 0 Å². The number of rotatable bonds is 5. The Morgan fingerprint density at radius 3 is 1.49 bits per heavy atom. The molecule has 5 nitrogen and oxygen atoms in total. The van der Waals surface area contributed by atoms with Crippen LogP contribution in [0.5, 0.6) is 0 Å². The Kier molecular flexibility index (Phi) is 6.39. The maximum Gasteiger partial charge on any atom is 0.228 e. The molecular weight excluding hydrogens is 576 g/mol. The molecule has 0 amide bonds. The minimum absolute atomic E-state index is 0.540. The molecule has 0 saturated heterocycles. The van der Waals surface area contributed by atoms with Gasteiger partial charge in [0.15, 0.2) is 17.5 Å². The maximum atomic E-state index is 6.53. The van der Waals surface area contributed by atoms with Crippen molar-refractivity contribution in [3.05, 3.63) is 158 Å². The second kappa shape index (κ2) is 11.2. The first-order chi connectivity index (χ1) is 23.3. The third-order valence-electron chi connectivity index (χ3n) is 8.54. The average molecular weight is 603 g/mol. The standard InChI is InChI=1S/C42H26N4O/c1-4-12-27(13-5-1)28-20-22-29(23-21-28)36-26-35(38-34-24-32-18-10-11-19-33(32)25-37(34)47-42(38)43-36)41-45-39(30-14-6-2-7-15-30)44-40(46-41)31-16-8-3-9-17-31/h1-26H. The van der Waals surface area contributed by atoms with Crippen LogP contribution < -0.4 is 0 Å². The first-order valence-electron chi connectivity index (χ1n) is 15.6. The summed E-state index contributed by atoms with van der Waals surface area (Å²) in [6, 6.07) is 53.6. The molecule has 0 bridgehead atoms. The van der Waals surface area contributed by atoms with E-state index in [1.165, 1.54) is 5.56 Å². The molecule has 3 heterocycles. The van der Waals surface area contributed by atoms with Crippen LogP contribution in [0.25, 0.3) is 89.4 Å². The van der Waals surface area contributed by atoms with Crippen LogP contribution in [0.3, 0.4) is 0 Å². The number of furan rings is 1. The SMILES string of the molecule is c1ccc(-c2ccc(-c3cc(-c4nc(-c5ccccc5)nc(-c5ccccc5)n4)c4c(n3)oc3cc5ccccc5cc34)cc2)cc1. The van der Waals surface area contributed by atoms with Gasteiger partial charge >= 0.3 is 0 Å². The molecule has 0 saturated carbocycles. The van der Waals surface area contributed by atoms with Gasteiger partial charge < -0.3 is 4.42 Å². The predicted octanol–water partition coefficient (Wildman–Crippen LogP) is 10.7. The van der Waals surface area contributed by atoms with Crippen LogP contribution in [0, 0.1) is 0 Å². The molecule has 0 radical (unpaired) electrons. The Labute approximate surface area is 270 Å². The van der Waals surface area contributed by atoms with E-state index in [0.717, 1.165) is 60.6 Å². The zero-order valence-corrected chi connectivity index (χ0v) is 25.2. The highest BCUT2D eigenvalue weighted by molar-refractivity contribution is 6.14. The number of pyridine rings is 1. The zero-order valence-electron chi connectivity index (χ0n) is 25.2. The summed E-state index contributed by atoms with van der Waals surface area (Å²) in [5.41, 5.74) is 8.03. The smallest absolute Gasteiger partial charge is 0.228 e. The molecule has 0 aliphatic carbocycles. The maximum absolute atomic E-state index is 6.53. The van der Waals surface area contributed by atoms with Gasteiger partial charge in [-0.2, -0.15) is 0 Å². The van der Waals surface area contributed by atoms with Crippen LogP contribution in [0.1, 0.15) is 0 Å². The molecule has 0 aliphatic rings.